The molecule has 0 radical (unpaired) electrons. The van der Waals surface area contributed by atoms with Gasteiger partial charge in [-0.3, -0.25) is 19.3 Å². The Morgan fingerprint density at radius 1 is 1.08 bits per heavy atom. The van der Waals surface area contributed by atoms with Gasteiger partial charge in [-0.15, -0.1) is 0 Å². The second kappa shape index (κ2) is 6.23. The summed E-state index contributed by atoms with van der Waals surface area (Å²) in [4.78, 5) is 37.2. The van der Waals surface area contributed by atoms with Crippen molar-refractivity contribution >= 4 is 23.4 Å². The number of anilines is 1. The number of benzene rings is 2. The first kappa shape index (κ1) is 15.9. The Labute approximate surface area is 138 Å². The zero-order chi connectivity index (χ0) is 17.3. The number of imide groups is 1. The molecule has 3 amide bonds. The predicted molar refractivity (Wildman–Crippen MR) is 86.2 cm³/mol. The lowest BCUT2D eigenvalue weighted by atomic mass is 10.1. The normalized spacial score (nSPS) is 13.2. The first-order valence-corrected chi connectivity index (χ1v) is 7.47. The lowest BCUT2D eigenvalue weighted by molar-refractivity contribution is -0.116. The topological polar surface area (TPSA) is 66.5 Å². The van der Waals surface area contributed by atoms with Crippen LogP contribution in [0.3, 0.4) is 0 Å². The van der Waals surface area contributed by atoms with E-state index in [1.807, 2.05) is 0 Å². The Kier molecular flexibility index (Phi) is 4.12. The highest BCUT2D eigenvalue weighted by molar-refractivity contribution is 6.24. The van der Waals surface area contributed by atoms with Gasteiger partial charge in [0.2, 0.25) is 5.91 Å². The molecule has 1 aliphatic rings. The van der Waals surface area contributed by atoms with Crippen LogP contribution in [0.25, 0.3) is 0 Å². The first-order chi connectivity index (χ1) is 11.5. The maximum absolute atomic E-state index is 13.6. The summed E-state index contributed by atoms with van der Waals surface area (Å²) in [5.41, 5.74) is 1.23. The van der Waals surface area contributed by atoms with Crippen molar-refractivity contribution in [3.05, 3.63) is 65.0 Å². The van der Waals surface area contributed by atoms with Gasteiger partial charge in [-0.05, 0) is 30.2 Å². The molecule has 6 heteroatoms. The molecular weight excluding hydrogens is 311 g/mol. The molecule has 2 aromatic carbocycles. The van der Waals surface area contributed by atoms with E-state index in [2.05, 4.69) is 5.32 Å². The van der Waals surface area contributed by atoms with Gasteiger partial charge in [0.25, 0.3) is 11.8 Å². The molecule has 0 aliphatic carbocycles. The van der Waals surface area contributed by atoms with Crippen molar-refractivity contribution in [2.24, 2.45) is 0 Å². The molecule has 0 saturated heterocycles. The SMILES string of the molecule is CN1C(=O)c2cccc(NC(=O)CCc3ccccc3F)c2C1=O. The van der Waals surface area contributed by atoms with Crippen LogP contribution in [0, 0.1) is 5.82 Å². The van der Waals surface area contributed by atoms with E-state index in [1.54, 1.807) is 36.4 Å². The molecule has 122 valence electrons. The van der Waals surface area contributed by atoms with E-state index in [1.165, 1.54) is 13.1 Å². The standard InChI is InChI=1S/C18H15FN2O3/c1-21-17(23)12-6-4-8-14(16(12)18(21)24)20-15(22)10-9-11-5-2-3-7-13(11)19/h2-8H,9-10H2,1H3,(H,20,22). The summed E-state index contributed by atoms with van der Waals surface area (Å²) in [6.07, 6.45) is 0.322. The van der Waals surface area contributed by atoms with Crippen LogP contribution in [0.2, 0.25) is 0 Å². The van der Waals surface area contributed by atoms with Crippen molar-refractivity contribution in [3.8, 4) is 0 Å². The largest absolute Gasteiger partial charge is 0.325 e. The zero-order valence-corrected chi connectivity index (χ0v) is 13.0. The number of halogens is 1. The minimum absolute atomic E-state index is 0.0720. The molecule has 24 heavy (non-hydrogen) atoms. The Morgan fingerprint density at radius 2 is 1.83 bits per heavy atom. The van der Waals surface area contributed by atoms with E-state index in [0.29, 0.717) is 11.3 Å². The molecule has 0 fully saturated rings. The van der Waals surface area contributed by atoms with Gasteiger partial charge in [0.1, 0.15) is 5.82 Å². The number of hydrogen-bond donors (Lipinski definition) is 1. The van der Waals surface area contributed by atoms with Gasteiger partial charge in [0.05, 0.1) is 16.8 Å². The Balaban J connectivity index is 1.74. The van der Waals surface area contributed by atoms with Crippen LogP contribution in [-0.4, -0.2) is 29.7 Å². The molecule has 3 rings (SSSR count). The van der Waals surface area contributed by atoms with Gasteiger partial charge < -0.3 is 5.32 Å². The van der Waals surface area contributed by atoms with Crippen LogP contribution >= 0.6 is 0 Å². The van der Waals surface area contributed by atoms with E-state index < -0.39 is 11.8 Å². The Bertz CT molecular complexity index is 848. The number of hydrogen-bond acceptors (Lipinski definition) is 3. The highest BCUT2D eigenvalue weighted by atomic mass is 19.1. The first-order valence-electron chi connectivity index (χ1n) is 7.47. The third-order valence-corrected chi connectivity index (χ3v) is 3.97. The fourth-order valence-electron chi connectivity index (χ4n) is 2.67. The van der Waals surface area contributed by atoms with Gasteiger partial charge in [-0.2, -0.15) is 0 Å². The number of carbonyl (C=O) groups is 3. The molecule has 0 bridgehead atoms. The molecule has 2 aromatic rings. The van der Waals surface area contributed by atoms with Gasteiger partial charge in [0, 0.05) is 13.5 Å². The van der Waals surface area contributed by atoms with Gasteiger partial charge in [-0.1, -0.05) is 24.3 Å². The fraction of sp³-hybridized carbons (Fsp3) is 0.167. The minimum atomic E-state index is -0.444. The second-order valence-corrected chi connectivity index (χ2v) is 5.54. The number of nitrogens with one attached hydrogen (secondary N) is 1. The van der Waals surface area contributed by atoms with Crippen molar-refractivity contribution in [1.29, 1.82) is 0 Å². The van der Waals surface area contributed by atoms with Crippen molar-refractivity contribution in [1.82, 2.24) is 4.90 Å². The molecule has 0 spiro atoms. The summed E-state index contributed by atoms with van der Waals surface area (Å²) in [6.45, 7) is 0. The van der Waals surface area contributed by atoms with Gasteiger partial charge in [0.15, 0.2) is 0 Å². The molecular formula is C18H15FN2O3. The number of rotatable bonds is 4. The third kappa shape index (κ3) is 2.78. The predicted octanol–water partition coefficient (Wildman–Crippen LogP) is 2.62. The van der Waals surface area contributed by atoms with Crippen LogP contribution in [-0.2, 0) is 11.2 Å². The third-order valence-electron chi connectivity index (χ3n) is 3.97. The smallest absolute Gasteiger partial charge is 0.263 e. The van der Waals surface area contributed by atoms with E-state index >= 15 is 0 Å². The van der Waals surface area contributed by atoms with Crippen LogP contribution in [0.5, 0.6) is 0 Å². The van der Waals surface area contributed by atoms with Gasteiger partial charge in [-0.25, -0.2) is 4.39 Å². The molecule has 1 aliphatic heterocycles. The Morgan fingerprint density at radius 3 is 2.58 bits per heavy atom. The second-order valence-electron chi connectivity index (χ2n) is 5.54. The lowest BCUT2D eigenvalue weighted by Gasteiger charge is -2.09. The van der Waals surface area contributed by atoms with Crippen LogP contribution in [0.4, 0.5) is 10.1 Å². The minimum Gasteiger partial charge on any atom is -0.325 e. The lowest BCUT2D eigenvalue weighted by Crippen LogP contribution is -2.24. The summed E-state index contributed by atoms with van der Waals surface area (Å²) in [5.74, 6) is -1.53. The molecule has 1 heterocycles. The average molecular weight is 326 g/mol. The van der Waals surface area contributed by atoms with Crippen molar-refractivity contribution in [2.45, 2.75) is 12.8 Å². The van der Waals surface area contributed by atoms with E-state index in [-0.39, 0.29) is 35.7 Å². The molecule has 5 nitrogen and oxygen atoms in total. The zero-order valence-electron chi connectivity index (χ0n) is 13.0. The highest BCUT2D eigenvalue weighted by Gasteiger charge is 2.35. The highest BCUT2D eigenvalue weighted by Crippen LogP contribution is 2.28. The number of aryl methyl sites for hydroxylation is 1. The number of carbonyl (C=O) groups excluding carboxylic acids is 3. The number of amides is 3. The van der Waals surface area contributed by atoms with Crippen molar-refractivity contribution < 1.29 is 18.8 Å². The summed E-state index contributed by atoms with van der Waals surface area (Å²) in [5, 5.41) is 2.64. The van der Waals surface area contributed by atoms with Crippen LogP contribution < -0.4 is 5.32 Å². The van der Waals surface area contributed by atoms with Gasteiger partial charge >= 0.3 is 0 Å². The molecule has 0 unspecified atom stereocenters. The number of nitrogens with zero attached hydrogens (tertiary/aromatic N) is 1. The molecule has 1 N–H and O–H groups in total. The summed E-state index contributed by atoms with van der Waals surface area (Å²) < 4.78 is 13.6. The van der Waals surface area contributed by atoms with Crippen LogP contribution in [0.1, 0.15) is 32.7 Å². The Hall–Kier alpha value is -3.02. The molecule has 0 atom stereocenters. The fourth-order valence-corrected chi connectivity index (χ4v) is 2.67. The summed E-state index contributed by atoms with van der Waals surface area (Å²) in [6, 6.07) is 11.0. The average Bonchev–Trinajstić information content (AvgIpc) is 2.80. The van der Waals surface area contributed by atoms with E-state index in [0.717, 1.165) is 4.90 Å². The van der Waals surface area contributed by atoms with E-state index in [9.17, 15) is 18.8 Å². The molecule has 0 saturated carbocycles. The summed E-state index contributed by atoms with van der Waals surface area (Å²) >= 11 is 0. The van der Waals surface area contributed by atoms with Crippen molar-refractivity contribution in [2.75, 3.05) is 12.4 Å². The maximum Gasteiger partial charge on any atom is 0.263 e. The summed E-state index contributed by atoms with van der Waals surface area (Å²) in [7, 11) is 1.40. The maximum atomic E-state index is 13.6. The van der Waals surface area contributed by atoms with E-state index in [4.69, 9.17) is 0 Å². The van der Waals surface area contributed by atoms with Crippen molar-refractivity contribution in [3.63, 3.8) is 0 Å². The molecule has 0 aromatic heterocycles. The quantitative estimate of drug-likeness (QED) is 0.878. The monoisotopic (exact) mass is 326 g/mol. The van der Waals surface area contributed by atoms with Crippen LogP contribution in [0.15, 0.2) is 42.5 Å². The number of fused-ring (bicyclic) bond motifs is 1.